The fourth-order valence-electron chi connectivity index (χ4n) is 2.56. The van der Waals surface area contributed by atoms with Crippen molar-refractivity contribution >= 4 is 11.9 Å². The van der Waals surface area contributed by atoms with Crippen LogP contribution in [0.15, 0.2) is 24.3 Å². The number of rotatable bonds is 11. The molecule has 1 aromatic rings. The Morgan fingerprint density at radius 3 is 2.48 bits per heavy atom. The van der Waals surface area contributed by atoms with Crippen molar-refractivity contribution in [2.24, 2.45) is 0 Å². The number of carboxylic acid groups (broad SMARTS) is 1. The van der Waals surface area contributed by atoms with Crippen LogP contribution in [0.1, 0.15) is 67.8 Å². The van der Waals surface area contributed by atoms with Crippen LogP contribution in [-0.4, -0.2) is 35.5 Å². The Balaban J connectivity index is 2.27. The summed E-state index contributed by atoms with van der Waals surface area (Å²) in [6.07, 6.45) is 8.33. The third kappa shape index (κ3) is 7.82. The summed E-state index contributed by atoms with van der Waals surface area (Å²) in [5, 5.41) is 8.97. The van der Waals surface area contributed by atoms with Crippen molar-refractivity contribution in [2.45, 2.75) is 58.3 Å². The summed E-state index contributed by atoms with van der Waals surface area (Å²) in [7, 11) is 1.85. The standard InChI is InChI=1S/C19H29NO3/c1-3-4-5-6-7-8-14-20(2)18(21)13-12-16-10-9-11-17(15-16)19(22)23/h9-11,15H,3-8,12-14H2,1-2H3,(H,22,23). The van der Waals surface area contributed by atoms with Gasteiger partial charge in [0, 0.05) is 20.0 Å². The van der Waals surface area contributed by atoms with Crippen LogP contribution in [0.2, 0.25) is 0 Å². The molecular formula is C19H29NO3. The second-order valence-electron chi connectivity index (χ2n) is 6.09. The Bertz CT molecular complexity index is 499. The van der Waals surface area contributed by atoms with Crippen LogP contribution in [0.5, 0.6) is 0 Å². The van der Waals surface area contributed by atoms with E-state index in [1.165, 1.54) is 32.1 Å². The van der Waals surface area contributed by atoms with Gasteiger partial charge in [0.1, 0.15) is 0 Å². The Kier molecular flexibility index (Phi) is 9.03. The highest BCUT2D eigenvalue weighted by Gasteiger charge is 2.09. The summed E-state index contributed by atoms with van der Waals surface area (Å²) < 4.78 is 0. The normalized spacial score (nSPS) is 10.5. The number of unbranched alkanes of at least 4 members (excludes halogenated alkanes) is 5. The van der Waals surface area contributed by atoms with Crippen LogP contribution < -0.4 is 0 Å². The van der Waals surface area contributed by atoms with Crippen LogP contribution >= 0.6 is 0 Å². The average Bonchev–Trinajstić information content (AvgIpc) is 2.55. The number of hydrogen-bond donors (Lipinski definition) is 1. The van der Waals surface area contributed by atoms with E-state index in [0.29, 0.717) is 12.8 Å². The van der Waals surface area contributed by atoms with Gasteiger partial charge in [0.25, 0.3) is 0 Å². The van der Waals surface area contributed by atoms with Crippen molar-refractivity contribution in [2.75, 3.05) is 13.6 Å². The maximum Gasteiger partial charge on any atom is 0.335 e. The zero-order valence-electron chi connectivity index (χ0n) is 14.4. The summed E-state index contributed by atoms with van der Waals surface area (Å²) in [5.74, 6) is -0.808. The lowest BCUT2D eigenvalue weighted by Gasteiger charge is -2.17. The molecule has 128 valence electrons. The van der Waals surface area contributed by atoms with Gasteiger partial charge in [-0.15, -0.1) is 0 Å². The maximum atomic E-state index is 12.1. The van der Waals surface area contributed by atoms with E-state index < -0.39 is 5.97 Å². The van der Waals surface area contributed by atoms with Crippen LogP contribution in [0.4, 0.5) is 0 Å². The van der Waals surface area contributed by atoms with Gasteiger partial charge < -0.3 is 10.0 Å². The lowest BCUT2D eigenvalue weighted by Crippen LogP contribution is -2.27. The Morgan fingerprint density at radius 1 is 1.09 bits per heavy atom. The minimum absolute atomic E-state index is 0.124. The predicted molar refractivity (Wildman–Crippen MR) is 92.7 cm³/mol. The number of benzene rings is 1. The molecular weight excluding hydrogens is 290 g/mol. The van der Waals surface area contributed by atoms with Gasteiger partial charge in [-0.05, 0) is 30.5 Å². The molecule has 0 atom stereocenters. The number of aromatic carboxylic acids is 1. The first-order valence-corrected chi connectivity index (χ1v) is 8.60. The van der Waals surface area contributed by atoms with Crippen molar-refractivity contribution in [3.63, 3.8) is 0 Å². The van der Waals surface area contributed by atoms with E-state index in [0.717, 1.165) is 18.5 Å². The number of carboxylic acids is 1. The van der Waals surface area contributed by atoms with Gasteiger partial charge in [-0.25, -0.2) is 4.79 Å². The fourth-order valence-corrected chi connectivity index (χ4v) is 2.56. The minimum atomic E-state index is -0.932. The molecule has 0 aliphatic heterocycles. The topological polar surface area (TPSA) is 57.6 Å². The molecule has 0 saturated heterocycles. The quantitative estimate of drug-likeness (QED) is 0.624. The highest BCUT2D eigenvalue weighted by atomic mass is 16.4. The first-order valence-electron chi connectivity index (χ1n) is 8.60. The maximum absolute atomic E-state index is 12.1. The molecule has 0 aliphatic carbocycles. The molecule has 0 aliphatic rings. The zero-order chi connectivity index (χ0) is 17.1. The van der Waals surface area contributed by atoms with Crippen molar-refractivity contribution < 1.29 is 14.7 Å². The summed E-state index contributed by atoms with van der Waals surface area (Å²) in [6.45, 7) is 3.01. The second kappa shape index (κ2) is 10.8. The lowest BCUT2D eigenvalue weighted by molar-refractivity contribution is -0.129. The predicted octanol–water partition coefficient (Wildman–Crippen LogP) is 4.14. The molecule has 1 rings (SSSR count). The second-order valence-corrected chi connectivity index (χ2v) is 6.09. The largest absolute Gasteiger partial charge is 0.478 e. The number of amides is 1. The third-order valence-corrected chi connectivity index (χ3v) is 4.07. The van der Waals surface area contributed by atoms with Crippen molar-refractivity contribution in [1.29, 1.82) is 0 Å². The number of carbonyl (C=O) groups excluding carboxylic acids is 1. The van der Waals surface area contributed by atoms with Crippen LogP contribution in [0.3, 0.4) is 0 Å². The SMILES string of the molecule is CCCCCCCCN(C)C(=O)CCc1cccc(C(=O)O)c1. The number of carbonyl (C=O) groups is 2. The molecule has 0 spiro atoms. The number of aryl methyl sites for hydroxylation is 1. The first-order chi connectivity index (χ1) is 11.0. The summed E-state index contributed by atoms with van der Waals surface area (Å²) in [5.41, 5.74) is 1.17. The lowest BCUT2D eigenvalue weighted by atomic mass is 10.1. The number of nitrogens with zero attached hydrogens (tertiary/aromatic N) is 1. The van der Waals surface area contributed by atoms with Gasteiger partial charge in [0.05, 0.1) is 5.56 Å². The summed E-state index contributed by atoms with van der Waals surface area (Å²) in [4.78, 5) is 24.8. The zero-order valence-corrected chi connectivity index (χ0v) is 14.4. The summed E-state index contributed by atoms with van der Waals surface area (Å²) in [6, 6.07) is 6.80. The molecule has 4 nitrogen and oxygen atoms in total. The molecule has 1 aromatic carbocycles. The van der Waals surface area contributed by atoms with Gasteiger partial charge >= 0.3 is 5.97 Å². The number of hydrogen-bond acceptors (Lipinski definition) is 2. The van der Waals surface area contributed by atoms with Crippen LogP contribution in [0, 0.1) is 0 Å². The Morgan fingerprint density at radius 2 is 1.78 bits per heavy atom. The minimum Gasteiger partial charge on any atom is -0.478 e. The Labute approximate surface area is 139 Å². The summed E-state index contributed by atoms with van der Waals surface area (Å²) >= 11 is 0. The van der Waals surface area contributed by atoms with Crippen molar-refractivity contribution in [1.82, 2.24) is 4.90 Å². The van der Waals surface area contributed by atoms with E-state index in [-0.39, 0.29) is 11.5 Å². The van der Waals surface area contributed by atoms with E-state index in [1.54, 1.807) is 23.1 Å². The molecule has 0 aromatic heterocycles. The molecule has 1 amide bonds. The third-order valence-electron chi connectivity index (χ3n) is 4.07. The van der Waals surface area contributed by atoms with Gasteiger partial charge in [-0.1, -0.05) is 51.2 Å². The molecule has 0 bridgehead atoms. The van der Waals surface area contributed by atoms with E-state index >= 15 is 0 Å². The highest BCUT2D eigenvalue weighted by Crippen LogP contribution is 2.10. The molecule has 23 heavy (non-hydrogen) atoms. The molecule has 1 N–H and O–H groups in total. The monoisotopic (exact) mass is 319 g/mol. The van der Waals surface area contributed by atoms with E-state index in [1.807, 2.05) is 13.1 Å². The van der Waals surface area contributed by atoms with Crippen LogP contribution in [-0.2, 0) is 11.2 Å². The fraction of sp³-hybridized carbons (Fsp3) is 0.579. The molecule has 0 heterocycles. The van der Waals surface area contributed by atoms with E-state index in [4.69, 9.17) is 5.11 Å². The molecule has 0 radical (unpaired) electrons. The first kappa shape index (κ1) is 19.2. The smallest absolute Gasteiger partial charge is 0.335 e. The highest BCUT2D eigenvalue weighted by molar-refractivity contribution is 5.87. The van der Waals surface area contributed by atoms with Crippen LogP contribution in [0.25, 0.3) is 0 Å². The molecule has 0 saturated carbocycles. The molecule has 0 unspecified atom stereocenters. The van der Waals surface area contributed by atoms with Gasteiger partial charge in [-0.3, -0.25) is 4.79 Å². The van der Waals surface area contributed by atoms with Crippen molar-refractivity contribution in [3.8, 4) is 0 Å². The Hall–Kier alpha value is -1.84. The van der Waals surface area contributed by atoms with Gasteiger partial charge in [0.15, 0.2) is 0 Å². The van der Waals surface area contributed by atoms with Gasteiger partial charge in [0.2, 0.25) is 5.91 Å². The van der Waals surface area contributed by atoms with E-state index in [2.05, 4.69) is 6.92 Å². The molecule has 4 heteroatoms. The van der Waals surface area contributed by atoms with E-state index in [9.17, 15) is 9.59 Å². The van der Waals surface area contributed by atoms with Crippen molar-refractivity contribution in [3.05, 3.63) is 35.4 Å². The molecule has 0 fully saturated rings. The van der Waals surface area contributed by atoms with Gasteiger partial charge in [-0.2, -0.15) is 0 Å². The average molecular weight is 319 g/mol.